The van der Waals surface area contributed by atoms with Crippen LogP contribution in [0.15, 0.2) is 34.2 Å². The highest BCUT2D eigenvalue weighted by Crippen LogP contribution is 2.39. The number of methoxy groups -OCH3 is 1. The molecule has 8 nitrogen and oxygen atoms in total. The van der Waals surface area contributed by atoms with E-state index in [0.717, 1.165) is 24.6 Å². The number of esters is 1. The van der Waals surface area contributed by atoms with Crippen LogP contribution in [0.25, 0.3) is 11.0 Å². The lowest BCUT2D eigenvalue weighted by molar-refractivity contribution is -0.113. The lowest BCUT2D eigenvalue weighted by atomic mass is 10.1. The molecule has 0 saturated heterocycles. The molecule has 1 saturated carbocycles. The van der Waals surface area contributed by atoms with Crippen LogP contribution in [0.2, 0.25) is 0 Å². The van der Waals surface area contributed by atoms with Gasteiger partial charge >= 0.3 is 5.97 Å². The molecule has 32 heavy (non-hydrogen) atoms. The molecule has 2 heterocycles. The molecule has 2 aromatic heterocycles. The summed E-state index contributed by atoms with van der Waals surface area (Å²) in [5.41, 5.74) is 1.28. The Balaban J connectivity index is 1.66. The third kappa shape index (κ3) is 4.36. The van der Waals surface area contributed by atoms with E-state index in [1.54, 1.807) is 26.0 Å². The number of aromatic nitrogens is 3. The number of carbonyl (C=O) groups is 2. The summed E-state index contributed by atoms with van der Waals surface area (Å²) in [6.45, 7) is 3.37. The molecular formula is C22H21FN4O4S. The minimum Gasteiger partial charge on any atom is -0.465 e. The number of nitrogens with zero attached hydrogens (tertiary/aromatic N) is 3. The summed E-state index contributed by atoms with van der Waals surface area (Å²) in [7, 11) is 1.25. The number of benzene rings is 1. The number of ether oxygens (including phenoxy) is 1. The van der Waals surface area contributed by atoms with Crippen LogP contribution in [-0.4, -0.2) is 39.3 Å². The summed E-state index contributed by atoms with van der Waals surface area (Å²) >= 11 is 1.09. The van der Waals surface area contributed by atoms with Crippen molar-refractivity contribution in [2.75, 3.05) is 18.2 Å². The Bertz CT molecular complexity index is 1300. The third-order valence-electron chi connectivity index (χ3n) is 5.08. The van der Waals surface area contributed by atoms with E-state index in [1.807, 2.05) is 4.57 Å². The van der Waals surface area contributed by atoms with Gasteiger partial charge < -0.3 is 14.6 Å². The van der Waals surface area contributed by atoms with Crippen LogP contribution < -0.4 is 10.9 Å². The van der Waals surface area contributed by atoms with Gasteiger partial charge in [0, 0.05) is 17.4 Å². The fraction of sp³-hybridized carbons (Fsp3) is 0.318. The normalized spacial score (nSPS) is 13.2. The number of fused-ring (bicyclic) bond motifs is 1. The van der Waals surface area contributed by atoms with E-state index < -0.39 is 17.3 Å². The number of thioether (sulfide) groups is 1. The molecule has 4 rings (SSSR count). The minimum atomic E-state index is -0.633. The van der Waals surface area contributed by atoms with Crippen molar-refractivity contribution < 1.29 is 18.7 Å². The Kier molecular flexibility index (Phi) is 5.96. The van der Waals surface area contributed by atoms with E-state index in [0.29, 0.717) is 27.7 Å². The van der Waals surface area contributed by atoms with Crippen molar-refractivity contribution >= 4 is 40.4 Å². The van der Waals surface area contributed by atoms with Crippen molar-refractivity contribution in [2.24, 2.45) is 0 Å². The number of hydrogen-bond donors (Lipinski definition) is 1. The number of amides is 1. The van der Waals surface area contributed by atoms with E-state index in [-0.39, 0.29) is 28.7 Å². The lowest BCUT2D eigenvalue weighted by Gasteiger charge is -2.15. The summed E-state index contributed by atoms with van der Waals surface area (Å²) in [6, 6.07) is 6.06. The average Bonchev–Trinajstić information content (AvgIpc) is 3.58. The number of carbonyl (C=O) groups excluding carboxylic acids is 2. The first-order chi connectivity index (χ1) is 15.3. The van der Waals surface area contributed by atoms with Gasteiger partial charge in [0.05, 0.1) is 23.8 Å². The van der Waals surface area contributed by atoms with Crippen LogP contribution >= 0.6 is 11.8 Å². The molecule has 0 bridgehead atoms. The third-order valence-corrected chi connectivity index (χ3v) is 6.03. The molecule has 1 N–H and O–H groups in total. The fourth-order valence-corrected chi connectivity index (χ4v) is 4.22. The lowest BCUT2D eigenvalue weighted by Crippen LogP contribution is -2.21. The molecule has 1 aromatic carbocycles. The van der Waals surface area contributed by atoms with Crippen molar-refractivity contribution in [3.05, 3.63) is 57.3 Å². The highest BCUT2D eigenvalue weighted by molar-refractivity contribution is 7.99. The van der Waals surface area contributed by atoms with Crippen molar-refractivity contribution in [3.8, 4) is 0 Å². The maximum Gasteiger partial charge on any atom is 0.338 e. The summed E-state index contributed by atoms with van der Waals surface area (Å²) in [5.74, 6) is -1.43. The number of anilines is 1. The first-order valence-corrected chi connectivity index (χ1v) is 11.0. The number of pyridine rings is 1. The van der Waals surface area contributed by atoms with Gasteiger partial charge in [0.15, 0.2) is 5.16 Å². The Labute approximate surface area is 187 Å². The SMILES string of the molecule is COC(=O)c1cc(C)nc2c1c(=O)nc(SCC(=O)Nc1ccc(C)c(F)c1)n2C1CC1. The average molecular weight is 456 g/mol. The topological polar surface area (TPSA) is 103 Å². The van der Waals surface area contributed by atoms with Crippen LogP contribution in [0, 0.1) is 19.7 Å². The van der Waals surface area contributed by atoms with Gasteiger partial charge in [0.25, 0.3) is 5.56 Å². The van der Waals surface area contributed by atoms with Crippen LogP contribution in [0.5, 0.6) is 0 Å². The summed E-state index contributed by atoms with van der Waals surface area (Å²) in [4.78, 5) is 46.1. The van der Waals surface area contributed by atoms with Gasteiger partial charge in [0.1, 0.15) is 11.5 Å². The zero-order valence-electron chi connectivity index (χ0n) is 17.8. The maximum absolute atomic E-state index is 13.7. The molecule has 166 valence electrons. The molecule has 10 heteroatoms. The van der Waals surface area contributed by atoms with Crippen molar-refractivity contribution in [2.45, 2.75) is 37.9 Å². The van der Waals surface area contributed by atoms with Crippen molar-refractivity contribution in [3.63, 3.8) is 0 Å². The van der Waals surface area contributed by atoms with Crippen LogP contribution in [0.1, 0.15) is 40.5 Å². The second-order valence-electron chi connectivity index (χ2n) is 7.60. The number of aryl methyl sites for hydroxylation is 2. The van der Waals surface area contributed by atoms with Gasteiger partial charge in [-0.05, 0) is 50.5 Å². The largest absolute Gasteiger partial charge is 0.465 e. The molecule has 0 atom stereocenters. The second kappa shape index (κ2) is 8.70. The second-order valence-corrected chi connectivity index (χ2v) is 8.55. The molecule has 1 fully saturated rings. The quantitative estimate of drug-likeness (QED) is 0.344. The van der Waals surface area contributed by atoms with Crippen LogP contribution in [0.4, 0.5) is 10.1 Å². The number of hydrogen-bond acceptors (Lipinski definition) is 7. The monoisotopic (exact) mass is 456 g/mol. The number of rotatable bonds is 6. The predicted molar refractivity (Wildman–Crippen MR) is 119 cm³/mol. The van der Waals surface area contributed by atoms with Gasteiger partial charge in [-0.3, -0.25) is 9.59 Å². The first kappa shape index (κ1) is 21.9. The molecular weight excluding hydrogens is 435 g/mol. The number of halogens is 1. The van der Waals surface area contributed by atoms with E-state index in [4.69, 9.17) is 4.74 Å². The fourth-order valence-electron chi connectivity index (χ4n) is 3.36. The maximum atomic E-state index is 13.7. The van der Waals surface area contributed by atoms with Gasteiger partial charge in [-0.2, -0.15) is 4.98 Å². The highest BCUT2D eigenvalue weighted by Gasteiger charge is 2.30. The molecule has 0 radical (unpaired) electrons. The number of nitrogens with one attached hydrogen (secondary N) is 1. The molecule has 0 aliphatic heterocycles. The Morgan fingerprint density at radius 1 is 1.25 bits per heavy atom. The summed E-state index contributed by atoms with van der Waals surface area (Å²) in [6.07, 6.45) is 1.76. The van der Waals surface area contributed by atoms with Gasteiger partial charge in [-0.1, -0.05) is 17.8 Å². The molecule has 1 aliphatic rings. The van der Waals surface area contributed by atoms with Crippen LogP contribution in [-0.2, 0) is 9.53 Å². The predicted octanol–water partition coefficient (Wildman–Crippen LogP) is 3.40. The van der Waals surface area contributed by atoms with E-state index in [1.165, 1.54) is 19.2 Å². The van der Waals surface area contributed by atoms with Gasteiger partial charge in [-0.15, -0.1) is 0 Å². The van der Waals surface area contributed by atoms with Crippen molar-refractivity contribution in [1.29, 1.82) is 0 Å². The van der Waals surface area contributed by atoms with E-state index >= 15 is 0 Å². The standard InChI is InChI=1S/C22H21FN4O4S/c1-11-4-5-13(9-16(11)23)25-17(28)10-32-22-26-20(29)18-15(21(30)31-3)8-12(2)24-19(18)27(22)14-6-7-14/h4-5,8-9,14H,6-7,10H2,1-3H3,(H,25,28). The molecule has 0 unspecified atom stereocenters. The highest BCUT2D eigenvalue weighted by atomic mass is 32.2. The smallest absolute Gasteiger partial charge is 0.338 e. The zero-order valence-corrected chi connectivity index (χ0v) is 18.6. The van der Waals surface area contributed by atoms with Crippen LogP contribution in [0.3, 0.4) is 0 Å². The Hall–Kier alpha value is -3.27. The minimum absolute atomic E-state index is 0.0319. The summed E-state index contributed by atoms with van der Waals surface area (Å²) < 4.78 is 20.4. The van der Waals surface area contributed by atoms with Gasteiger partial charge in [0.2, 0.25) is 5.91 Å². The van der Waals surface area contributed by atoms with Gasteiger partial charge in [-0.25, -0.2) is 14.2 Å². The van der Waals surface area contributed by atoms with Crippen molar-refractivity contribution in [1.82, 2.24) is 14.5 Å². The molecule has 3 aromatic rings. The Morgan fingerprint density at radius 2 is 2.00 bits per heavy atom. The molecule has 1 amide bonds. The summed E-state index contributed by atoms with van der Waals surface area (Å²) in [5, 5.41) is 3.11. The molecule has 0 spiro atoms. The first-order valence-electron chi connectivity index (χ1n) is 9.99. The Morgan fingerprint density at radius 3 is 2.66 bits per heavy atom. The van der Waals surface area contributed by atoms with E-state index in [2.05, 4.69) is 15.3 Å². The van der Waals surface area contributed by atoms with E-state index in [9.17, 15) is 18.8 Å². The zero-order chi connectivity index (χ0) is 23.0. The molecule has 1 aliphatic carbocycles.